The molecule has 0 aliphatic heterocycles. The van der Waals surface area contributed by atoms with E-state index in [-0.39, 0.29) is 6.61 Å². The van der Waals surface area contributed by atoms with E-state index in [0.29, 0.717) is 5.56 Å². The van der Waals surface area contributed by atoms with E-state index < -0.39 is 18.1 Å². The Balaban J connectivity index is 2.71. The summed E-state index contributed by atoms with van der Waals surface area (Å²) in [5.41, 5.74) is 0.482. The van der Waals surface area contributed by atoms with Crippen LogP contribution in [0.5, 0.6) is 0 Å². The summed E-state index contributed by atoms with van der Waals surface area (Å²) < 4.78 is 4.66. The minimum Gasteiger partial charge on any atom is -0.479 e. The minimum atomic E-state index is -1.15. The molecule has 0 aliphatic carbocycles. The molecule has 90 valence electrons. The molecule has 0 unspecified atom stereocenters. The fraction of sp³-hybridized carbons (Fsp3) is 0.167. The summed E-state index contributed by atoms with van der Waals surface area (Å²) in [5.74, 6) is -1.15. The maximum absolute atomic E-state index is 11.2. The number of amides is 1. The topological polar surface area (TPSA) is 75.6 Å². The zero-order valence-corrected chi connectivity index (χ0v) is 9.13. The number of nitrogens with one attached hydrogen (secondary N) is 1. The molecule has 1 rings (SSSR count). The number of ether oxygens (including phenoxy) is 1. The zero-order valence-electron chi connectivity index (χ0n) is 9.13. The third-order valence-corrected chi connectivity index (χ3v) is 1.97. The van der Waals surface area contributed by atoms with E-state index in [1.54, 1.807) is 30.3 Å². The van der Waals surface area contributed by atoms with Crippen LogP contribution in [0.15, 0.2) is 43.0 Å². The Labute approximate surface area is 98.7 Å². The van der Waals surface area contributed by atoms with Gasteiger partial charge in [0.25, 0.3) is 0 Å². The first-order chi connectivity index (χ1) is 8.15. The molecule has 0 saturated carbocycles. The molecule has 0 bridgehead atoms. The standard InChI is InChI=1S/C12H13NO4/c1-2-8-17-12(16)13-10(11(14)15)9-6-4-3-5-7-9/h2-7,10H,1,8H2,(H,13,16)(H,14,15)/t10-/m0/s1. The summed E-state index contributed by atoms with van der Waals surface area (Å²) in [4.78, 5) is 22.3. The molecule has 1 atom stereocenters. The zero-order chi connectivity index (χ0) is 12.7. The predicted octanol–water partition coefficient (Wildman–Crippen LogP) is 1.72. The van der Waals surface area contributed by atoms with Crippen LogP contribution in [0.2, 0.25) is 0 Å². The summed E-state index contributed by atoms with van der Waals surface area (Å²) >= 11 is 0. The Bertz CT molecular complexity index is 402. The van der Waals surface area contributed by atoms with E-state index in [1.165, 1.54) is 6.08 Å². The number of alkyl carbamates (subject to hydrolysis) is 1. The van der Waals surface area contributed by atoms with Gasteiger partial charge in [-0.05, 0) is 5.56 Å². The largest absolute Gasteiger partial charge is 0.479 e. The molecule has 5 nitrogen and oxygen atoms in total. The lowest BCUT2D eigenvalue weighted by Gasteiger charge is -2.14. The third kappa shape index (κ3) is 3.98. The fourth-order valence-electron chi connectivity index (χ4n) is 1.23. The van der Waals surface area contributed by atoms with Gasteiger partial charge in [0.05, 0.1) is 0 Å². The van der Waals surface area contributed by atoms with E-state index in [4.69, 9.17) is 5.11 Å². The lowest BCUT2D eigenvalue weighted by Crippen LogP contribution is -2.34. The molecule has 5 heteroatoms. The quantitative estimate of drug-likeness (QED) is 0.762. The van der Waals surface area contributed by atoms with Gasteiger partial charge in [-0.15, -0.1) is 0 Å². The second-order valence-corrected chi connectivity index (χ2v) is 3.21. The molecule has 0 aliphatic rings. The normalized spacial score (nSPS) is 11.3. The average Bonchev–Trinajstić information content (AvgIpc) is 2.34. The van der Waals surface area contributed by atoms with Crippen LogP contribution in [0.3, 0.4) is 0 Å². The SMILES string of the molecule is C=CCOC(=O)N[C@H](C(=O)O)c1ccccc1. The summed E-state index contributed by atoms with van der Waals surface area (Å²) in [5, 5.41) is 11.3. The smallest absolute Gasteiger partial charge is 0.408 e. The molecule has 0 spiro atoms. The van der Waals surface area contributed by atoms with Gasteiger partial charge in [-0.2, -0.15) is 0 Å². The number of hydrogen-bond acceptors (Lipinski definition) is 3. The van der Waals surface area contributed by atoms with E-state index >= 15 is 0 Å². The van der Waals surface area contributed by atoms with Gasteiger partial charge in [0.1, 0.15) is 6.61 Å². The van der Waals surface area contributed by atoms with Crippen molar-refractivity contribution < 1.29 is 19.4 Å². The van der Waals surface area contributed by atoms with Gasteiger partial charge < -0.3 is 15.2 Å². The van der Waals surface area contributed by atoms with Crippen molar-refractivity contribution in [2.45, 2.75) is 6.04 Å². The Morgan fingerprint density at radius 2 is 2.06 bits per heavy atom. The molecule has 0 heterocycles. The van der Waals surface area contributed by atoms with Gasteiger partial charge in [-0.1, -0.05) is 43.0 Å². The maximum atomic E-state index is 11.2. The number of benzene rings is 1. The van der Waals surface area contributed by atoms with Gasteiger partial charge in [0.15, 0.2) is 6.04 Å². The highest BCUT2D eigenvalue weighted by molar-refractivity contribution is 5.81. The van der Waals surface area contributed by atoms with Crippen molar-refractivity contribution in [3.05, 3.63) is 48.6 Å². The van der Waals surface area contributed by atoms with Gasteiger partial charge >= 0.3 is 12.1 Å². The van der Waals surface area contributed by atoms with Crippen LogP contribution in [0.25, 0.3) is 0 Å². The highest BCUT2D eigenvalue weighted by Gasteiger charge is 2.22. The second-order valence-electron chi connectivity index (χ2n) is 3.21. The Morgan fingerprint density at radius 1 is 1.41 bits per heavy atom. The first kappa shape index (κ1) is 12.8. The van der Waals surface area contributed by atoms with Crippen LogP contribution in [0.1, 0.15) is 11.6 Å². The lowest BCUT2D eigenvalue weighted by atomic mass is 10.1. The Kier molecular flexibility index (Phi) is 4.75. The van der Waals surface area contributed by atoms with Crippen molar-refractivity contribution in [1.82, 2.24) is 5.32 Å². The van der Waals surface area contributed by atoms with Gasteiger partial charge in [0.2, 0.25) is 0 Å². The van der Waals surface area contributed by atoms with Crippen LogP contribution in [-0.2, 0) is 9.53 Å². The summed E-state index contributed by atoms with van der Waals surface area (Å²) in [6.07, 6.45) is 0.610. The summed E-state index contributed by atoms with van der Waals surface area (Å²) in [7, 11) is 0. The number of carboxylic acids is 1. The molecule has 0 fully saturated rings. The highest BCUT2D eigenvalue weighted by atomic mass is 16.5. The second kappa shape index (κ2) is 6.32. The van der Waals surface area contributed by atoms with E-state index in [9.17, 15) is 9.59 Å². The predicted molar refractivity (Wildman–Crippen MR) is 61.5 cm³/mol. The van der Waals surface area contributed by atoms with Crippen molar-refractivity contribution >= 4 is 12.1 Å². The van der Waals surface area contributed by atoms with Crippen molar-refractivity contribution in [2.75, 3.05) is 6.61 Å². The van der Waals surface area contributed by atoms with Crippen molar-refractivity contribution in [1.29, 1.82) is 0 Å². The van der Waals surface area contributed by atoms with Crippen LogP contribution < -0.4 is 5.32 Å². The molecule has 1 aromatic carbocycles. The van der Waals surface area contributed by atoms with Gasteiger partial charge in [-0.3, -0.25) is 0 Å². The van der Waals surface area contributed by atoms with Crippen molar-refractivity contribution in [3.8, 4) is 0 Å². The molecule has 0 saturated heterocycles. The lowest BCUT2D eigenvalue weighted by molar-refractivity contribution is -0.139. The molecule has 1 aromatic rings. The monoisotopic (exact) mass is 235 g/mol. The molecule has 17 heavy (non-hydrogen) atoms. The van der Waals surface area contributed by atoms with Crippen LogP contribution in [0, 0.1) is 0 Å². The first-order valence-corrected chi connectivity index (χ1v) is 4.97. The van der Waals surface area contributed by atoms with Gasteiger partial charge in [0, 0.05) is 0 Å². The Morgan fingerprint density at radius 3 is 2.59 bits per heavy atom. The molecular formula is C12H13NO4. The van der Waals surface area contributed by atoms with Crippen molar-refractivity contribution in [2.24, 2.45) is 0 Å². The number of aliphatic carboxylic acids is 1. The van der Waals surface area contributed by atoms with E-state index in [0.717, 1.165) is 0 Å². The number of rotatable bonds is 5. The third-order valence-electron chi connectivity index (χ3n) is 1.97. The van der Waals surface area contributed by atoms with Crippen LogP contribution in [0.4, 0.5) is 4.79 Å². The van der Waals surface area contributed by atoms with Gasteiger partial charge in [-0.25, -0.2) is 9.59 Å². The molecule has 2 N–H and O–H groups in total. The van der Waals surface area contributed by atoms with E-state index in [2.05, 4.69) is 16.6 Å². The van der Waals surface area contributed by atoms with Crippen LogP contribution >= 0.6 is 0 Å². The molecule has 0 aromatic heterocycles. The summed E-state index contributed by atoms with van der Waals surface area (Å²) in [6, 6.07) is 7.27. The van der Waals surface area contributed by atoms with Crippen molar-refractivity contribution in [3.63, 3.8) is 0 Å². The summed E-state index contributed by atoms with van der Waals surface area (Å²) in [6.45, 7) is 3.42. The first-order valence-electron chi connectivity index (χ1n) is 4.97. The number of hydrogen-bond donors (Lipinski definition) is 2. The van der Waals surface area contributed by atoms with Crippen LogP contribution in [-0.4, -0.2) is 23.8 Å². The van der Waals surface area contributed by atoms with E-state index in [1.807, 2.05) is 0 Å². The molecular weight excluding hydrogens is 222 g/mol. The molecule has 0 radical (unpaired) electrons. The Hall–Kier alpha value is -2.30. The highest BCUT2D eigenvalue weighted by Crippen LogP contribution is 2.12. The fourth-order valence-corrected chi connectivity index (χ4v) is 1.23. The number of carbonyl (C=O) groups is 2. The molecule has 1 amide bonds. The number of carboxylic acid groups (broad SMARTS) is 1. The number of carbonyl (C=O) groups excluding carboxylic acids is 1. The minimum absolute atomic E-state index is 0.0347. The maximum Gasteiger partial charge on any atom is 0.408 e. The average molecular weight is 235 g/mol.